The van der Waals surface area contributed by atoms with Gasteiger partial charge in [0.25, 0.3) is 0 Å². The van der Waals surface area contributed by atoms with Crippen LogP contribution in [0.5, 0.6) is 0 Å². The maximum Gasteiger partial charge on any atom is 0.0643 e. The van der Waals surface area contributed by atoms with Crippen molar-refractivity contribution in [1.29, 1.82) is 0 Å². The average Bonchev–Trinajstić information content (AvgIpc) is 1.94. The van der Waals surface area contributed by atoms with E-state index in [-0.39, 0.29) is 12.6 Å². The summed E-state index contributed by atoms with van der Waals surface area (Å²) in [6.45, 7) is 2.16. The molecule has 66 valence electrons. The Balaban J connectivity index is 2.08. The van der Waals surface area contributed by atoms with Gasteiger partial charge in [-0.2, -0.15) is 0 Å². The van der Waals surface area contributed by atoms with E-state index in [4.69, 9.17) is 14.6 Å². The summed E-state index contributed by atoms with van der Waals surface area (Å²) in [4.78, 5) is 0. The molecule has 2 N–H and O–H groups in total. The number of methoxy groups -OCH3 is 1. The summed E-state index contributed by atoms with van der Waals surface area (Å²) < 4.78 is 9.87. The van der Waals surface area contributed by atoms with Crippen molar-refractivity contribution in [3.63, 3.8) is 0 Å². The second-order valence-electron chi connectivity index (χ2n) is 2.74. The fourth-order valence-electron chi connectivity index (χ4n) is 1.02. The Bertz CT molecular complexity index is 106. The minimum absolute atomic E-state index is 0.0499. The molecule has 0 saturated carbocycles. The Hall–Kier alpha value is -0.160. The van der Waals surface area contributed by atoms with Crippen molar-refractivity contribution in [2.75, 3.05) is 33.5 Å². The van der Waals surface area contributed by atoms with Crippen LogP contribution in [0.1, 0.15) is 0 Å². The first-order valence-electron chi connectivity index (χ1n) is 3.80. The van der Waals surface area contributed by atoms with E-state index in [0.717, 1.165) is 13.2 Å². The van der Waals surface area contributed by atoms with Crippen molar-refractivity contribution >= 4 is 0 Å². The van der Waals surface area contributed by atoms with E-state index >= 15 is 0 Å². The SMILES string of the molecule is COCC(CO)NC1COC1. The molecule has 1 atom stereocenters. The van der Waals surface area contributed by atoms with Crippen LogP contribution in [0, 0.1) is 0 Å². The van der Waals surface area contributed by atoms with Gasteiger partial charge < -0.3 is 19.9 Å². The highest BCUT2D eigenvalue weighted by atomic mass is 16.5. The molecule has 0 aromatic rings. The third kappa shape index (κ3) is 2.75. The van der Waals surface area contributed by atoms with Crippen molar-refractivity contribution < 1.29 is 14.6 Å². The summed E-state index contributed by atoms with van der Waals surface area (Å²) in [5.74, 6) is 0. The molecule has 0 aliphatic carbocycles. The number of hydrogen-bond acceptors (Lipinski definition) is 4. The lowest BCUT2D eigenvalue weighted by atomic mass is 10.2. The van der Waals surface area contributed by atoms with Crippen LogP contribution in [-0.2, 0) is 9.47 Å². The van der Waals surface area contributed by atoms with Crippen LogP contribution in [0.15, 0.2) is 0 Å². The smallest absolute Gasteiger partial charge is 0.0643 e. The predicted octanol–water partition coefficient (Wildman–Crippen LogP) is -1.02. The van der Waals surface area contributed by atoms with Crippen molar-refractivity contribution in [1.82, 2.24) is 5.32 Å². The molecule has 1 unspecified atom stereocenters. The molecule has 0 radical (unpaired) electrons. The largest absolute Gasteiger partial charge is 0.395 e. The van der Waals surface area contributed by atoms with Gasteiger partial charge in [-0.1, -0.05) is 0 Å². The molecule has 1 rings (SSSR count). The Morgan fingerprint density at radius 3 is 2.82 bits per heavy atom. The third-order valence-corrected chi connectivity index (χ3v) is 1.70. The summed E-state index contributed by atoms with van der Waals surface area (Å²) in [5.41, 5.74) is 0. The van der Waals surface area contributed by atoms with Crippen LogP contribution in [0.2, 0.25) is 0 Å². The number of nitrogens with one attached hydrogen (secondary N) is 1. The maximum atomic E-state index is 8.84. The molecule has 11 heavy (non-hydrogen) atoms. The predicted molar refractivity (Wildman–Crippen MR) is 40.5 cm³/mol. The second kappa shape index (κ2) is 4.66. The highest BCUT2D eigenvalue weighted by Crippen LogP contribution is 2.00. The van der Waals surface area contributed by atoms with E-state index < -0.39 is 0 Å². The molecular weight excluding hydrogens is 146 g/mol. The van der Waals surface area contributed by atoms with Gasteiger partial charge in [0.2, 0.25) is 0 Å². The van der Waals surface area contributed by atoms with Crippen molar-refractivity contribution in [3.8, 4) is 0 Å². The van der Waals surface area contributed by atoms with E-state index in [1.165, 1.54) is 0 Å². The fourth-order valence-corrected chi connectivity index (χ4v) is 1.02. The van der Waals surface area contributed by atoms with Gasteiger partial charge in [-0.3, -0.25) is 0 Å². The van der Waals surface area contributed by atoms with Gasteiger partial charge in [-0.05, 0) is 0 Å². The highest BCUT2D eigenvalue weighted by molar-refractivity contribution is 4.77. The first kappa shape index (κ1) is 8.93. The molecule has 0 spiro atoms. The van der Waals surface area contributed by atoms with Crippen LogP contribution < -0.4 is 5.32 Å². The molecule has 1 aliphatic heterocycles. The molecule has 4 heteroatoms. The highest BCUT2D eigenvalue weighted by Gasteiger charge is 2.21. The molecule has 0 aromatic carbocycles. The van der Waals surface area contributed by atoms with Crippen molar-refractivity contribution in [2.45, 2.75) is 12.1 Å². The van der Waals surface area contributed by atoms with E-state index in [2.05, 4.69) is 5.32 Å². The quantitative estimate of drug-likeness (QED) is 0.542. The van der Waals surface area contributed by atoms with Gasteiger partial charge in [-0.25, -0.2) is 0 Å². The Morgan fingerprint density at radius 2 is 2.45 bits per heavy atom. The molecular formula is C7H15NO3. The van der Waals surface area contributed by atoms with Gasteiger partial charge in [0.05, 0.1) is 38.5 Å². The number of hydrogen-bond donors (Lipinski definition) is 2. The lowest BCUT2D eigenvalue weighted by molar-refractivity contribution is -0.0187. The normalized spacial score (nSPS) is 21.3. The van der Waals surface area contributed by atoms with E-state index in [9.17, 15) is 0 Å². The zero-order valence-corrected chi connectivity index (χ0v) is 6.75. The molecule has 1 aliphatic rings. The zero-order chi connectivity index (χ0) is 8.10. The molecule has 1 saturated heterocycles. The summed E-state index contributed by atoms with van der Waals surface area (Å²) in [5, 5.41) is 12.0. The van der Waals surface area contributed by atoms with Crippen LogP contribution in [-0.4, -0.2) is 50.7 Å². The average molecular weight is 161 g/mol. The molecule has 1 heterocycles. The van der Waals surface area contributed by atoms with Crippen LogP contribution in [0.3, 0.4) is 0 Å². The first-order valence-corrected chi connectivity index (χ1v) is 3.80. The van der Waals surface area contributed by atoms with Gasteiger partial charge >= 0.3 is 0 Å². The molecule has 4 nitrogen and oxygen atoms in total. The molecule has 1 fully saturated rings. The lowest BCUT2D eigenvalue weighted by Gasteiger charge is -2.30. The van der Waals surface area contributed by atoms with Crippen LogP contribution in [0.4, 0.5) is 0 Å². The second-order valence-corrected chi connectivity index (χ2v) is 2.74. The molecule has 0 amide bonds. The van der Waals surface area contributed by atoms with Crippen molar-refractivity contribution in [2.24, 2.45) is 0 Å². The monoisotopic (exact) mass is 161 g/mol. The summed E-state index contributed by atoms with van der Waals surface area (Å²) in [6, 6.07) is 0.455. The maximum absolute atomic E-state index is 8.84. The molecule has 0 bridgehead atoms. The van der Waals surface area contributed by atoms with E-state index in [1.807, 2.05) is 0 Å². The zero-order valence-electron chi connectivity index (χ0n) is 6.75. The van der Waals surface area contributed by atoms with Gasteiger partial charge in [0, 0.05) is 7.11 Å². The van der Waals surface area contributed by atoms with E-state index in [1.54, 1.807) is 7.11 Å². The summed E-state index contributed by atoms with van der Waals surface area (Å²) >= 11 is 0. The fraction of sp³-hybridized carbons (Fsp3) is 1.00. The van der Waals surface area contributed by atoms with Gasteiger partial charge in [0.1, 0.15) is 0 Å². The standard InChI is InChI=1S/C7H15NO3/c1-10-3-6(2-9)8-7-4-11-5-7/h6-9H,2-5H2,1H3. The number of ether oxygens (including phenoxy) is 2. The number of aliphatic hydroxyl groups is 1. The first-order chi connectivity index (χ1) is 5.36. The van der Waals surface area contributed by atoms with Gasteiger partial charge in [-0.15, -0.1) is 0 Å². The minimum atomic E-state index is 0.0499. The van der Waals surface area contributed by atoms with Crippen LogP contribution in [0.25, 0.3) is 0 Å². The third-order valence-electron chi connectivity index (χ3n) is 1.70. The Kier molecular flexibility index (Phi) is 3.79. The Morgan fingerprint density at radius 1 is 1.73 bits per heavy atom. The lowest BCUT2D eigenvalue weighted by Crippen LogP contribution is -2.52. The minimum Gasteiger partial charge on any atom is -0.395 e. The number of rotatable bonds is 5. The topological polar surface area (TPSA) is 50.7 Å². The molecule has 0 aromatic heterocycles. The van der Waals surface area contributed by atoms with Crippen molar-refractivity contribution in [3.05, 3.63) is 0 Å². The summed E-state index contributed by atoms with van der Waals surface area (Å²) in [6.07, 6.45) is 0. The van der Waals surface area contributed by atoms with Crippen LogP contribution >= 0.6 is 0 Å². The van der Waals surface area contributed by atoms with Gasteiger partial charge in [0.15, 0.2) is 0 Å². The van der Waals surface area contributed by atoms with E-state index in [0.29, 0.717) is 12.6 Å². The number of aliphatic hydroxyl groups excluding tert-OH is 1. The Labute approximate surface area is 66.5 Å². The summed E-state index contributed by atoms with van der Waals surface area (Å²) in [7, 11) is 1.63.